The summed E-state index contributed by atoms with van der Waals surface area (Å²) in [6, 6.07) is 15.0. The molecule has 3 atom stereocenters. The predicted molar refractivity (Wildman–Crippen MR) is 129 cm³/mol. The van der Waals surface area contributed by atoms with E-state index in [0.717, 1.165) is 56.8 Å². The van der Waals surface area contributed by atoms with Gasteiger partial charge in [-0.25, -0.2) is 4.79 Å². The van der Waals surface area contributed by atoms with Gasteiger partial charge in [-0.05, 0) is 55.7 Å². The van der Waals surface area contributed by atoms with Crippen LogP contribution in [0, 0.1) is 5.92 Å². The fraction of sp³-hybridized carbons (Fsp3) is 0.519. The molecule has 0 unspecified atom stereocenters. The Kier molecular flexibility index (Phi) is 6.45. The summed E-state index contributed by atoms with van der Waals surface area (Å²) in [7, 11) is 3.49. The third kappa shape index (κ3) is 4.29. The predicted octanol–water partition coefficient (Wildman–Crippen LogP) is 4.04. The lowest BCUT2D eigenvalue weighted by molar-refractivity contribution is 0.00479. The maximum atomic E-state index is 13.2. The van der Waals surface area contributed by atoms with Crippen LogP contribution in [0.2, 0.25) is 0 Å². The molecule has 6 heteroatoms. The van der Waals surface area contributed by atoms with Crippen LogP contribution in [0.5, 0.6) is 11.5 Å². The van der Waals surface area contributed by atoms with Crippen molar-refractivity contribution in [2.75, 3.05) is 40.4 Å². The molecule has 2 amide bonds. The van der Waals surface area contributed by atoms with E-state index < -0.39 is 0 Å². The number of rotatable bonds is 5. The molecule has 0 saturated carbocycles. The smallest absolute Gasteiger partial charge is 0.317 e. The van der Waals surface area contributed by atoms with E-state index in [4.69, 9.17) is 9.47 Å². The highest BCUT2D eigenvalue weighted by molar-refractivity contribution is 5.74. The van der Waals surface area contributed by atoms with E-state index in [-0.39, 0.29) is 18.1 Å². The standard InChI is InChI=1S/C27H35N3O3/c1-32-24-10-11-25(33-2)26-21(24)13-16-29-18-20-9-6-15-30(22(20)17-23(26)29)27(31)28-14-12-19-7-4-3-5-8-19/h3-5,7-8,10-11,20,22-23H,6,9,12-18H2,1-2H3,(H,28,31)/t20-,22+,23-/m1/s1. The first-order chi connectivity index (χ1) is 16.2. The zero-order valence-corrected chi connectivity index (χ0v) is 19.8. The maximum Gasteiger partial charge on any atom is 0.317 e. The fourth-order valence-electron chi connectivity index (χ4n) is 6.21. The van der Waals surface area contributed by atoms with Crippen LogP contribution in [0.15, 0.2) is 42.5 Å². The summed E-state index contributed by atoms with van der Waals surface area (Å²) in [6.45, 7) is 3.59. The van der Waals surface area contributed by atoms with E-state index in [2.05, 4.69) is 27.2 Å². The van der Waals surface area contributed by atoms with Gasteiger partial charge in [0.1, 0.15) is 11.5 Å². The fourth-order valence-corrected chi connectivity index (χ4v) is 6.21. The molecule has 0 bridgehead atoms. The SMILES string of the molecule is COc1ccc(OC)c2c1CCN1C[C@H]3CCCN(C(=O)NCCc4ccccc4)[C@H]3C[C@H]21. The molecule has 6 nitrogen and oxygen atoms in total. The van der Waals surface area contributed by atoms with Crippen molar-refractivity contribution in [2.24, 2.45) is 5.92 Å². The lowest BCUT2D eigenvalue weighted by Crippen LogP contribution is -2.59. The molecule has 2 saturated heterocycles. The number of carbonyl (C=O) groups excluding carboxylic acids is 1. The van der Waals surface area contributed by atoms with Gasteiger partial charge in [0.05, 0.1) is 14.2 Å². The summed E-state index contributed by atoms with van der Waals surface area (Å²) in [5.74, 6) is 2.42. The van der Waals surface area contributed by atoms with Crippen molar-refractivity contribution in [3.63, 3.8) is 0 Å². The van der Waals surface area contributed by atoms with Gasteiger partial charge in [0, 0.05) is 49.4 Å². The molecule has 5 rings (SSSR count). The van der Waals surface area contributed by atoms with E-state index >= 15 is 0 Å². The van der Waals surface area contributed by atoms with Crippen LogP contribution in [0.3, 0.4) is 0 Å². The van der Waals surface area contributed by atoms with Gasteiger partial charge in [0.25, 0.3) is 0 Å². The Morgan fingerprint density at radius 2 is 1.85 bits per heavy atom. The Morgan fingerprint density at radius 1 is 1.06 bits per heavy atom. The third-order valence-corrected chi connectivity index (χ3v) is 7.78. The maximum absolute atomic E-state index is 13.2. The first-order valence-electron chi connectivity index (χ1n) is 12.3. The minimum atomic E-state index is 0.0859. The van der Waals surface area contributed by atoms with Gasteiger partial charge in [-0.15, -0.1) is 0 Å². The molecule has 0 aromatic heterocycles. The second-order valence-corrected chi connectivity index (χ2v) is 9.49. The van der Waals surface area contributed by atoms with Gasteiger partial charge in [-0.1, -0.05) is 30.3 Å². The minimum absolute atomic E-state index is 0.0859. The average Bonchev–Trinajstić information content (AvgIpc) is 2.86. The summed E-state index contributed by atoms with van der Waals surface area (Å²) in [5.41, 5.74) is 3.78. The number of carbonyl (C=O) groups is 1. The van der Waals surface area contributed by atoms with Crippen LogP contribution in [-0.2, 0) is 12.8 Å². The Labute approximate surface area is 196 Å². The summed E-state index contributed by atoms with van der Waals surface area (Å²) in [5, 5.41) is 3.19. The molecule has 1 N–H and O–H groups in total. The quantitative estimate of drug-likeness (QED) is 0.749. The van der Waals surface area contributed by atoms with Crippen molar-refractivity contribution in [3.8, 4) is 11.5 Å². The van der Waals surface area contributed by atoms with E-state index in [9.17, 15) is 4.79 Å². The molecule has 33 heavy (non-hydrogen) atoms. The monoisotopic (exact) mass is 449 g/mol. The van der Waals surface area contributed by atoms with Crippen LogP contribution >= 0.6 is 0 Å². The third-order valence-electron chi connectivity index (χ3n) is 7.78. The summed E-state index contributed by atoms with van der Waals surface area (Å²) >= 11 is 0. The molecule has 0 aliphatic carbocycles. The molecular weight excluding hydrogens is 414 g/mol. The van der Waals surface area contributed by atoms with E-state index in [1.165, 1.54) is 23.1 Å². The van der Waals surface area contributed by atoms with Crippen molar-refractivity contribution < 1.29 is 14.3 Å². The lowest BCUT2D eigenvalue weighted by Gasteiger charge is -2.52. The van der Waals surface area contributed by atoms with Crippen LogP contribution in [0.25, 0.3) is 0 Å². The Morgan fingerprint density at radius 3 is 2.64 bits per heavy atom. The number of fused-ring (bicyclic) bond motifs is 4. The highest BCUT2D eigenvalue weighted by atomic mass is 16.5. The molecule has 3 aliphatic rings. The summed E-state index contributed by atoms with van der Waals surface area (Å²) in [4.78, 5) is 18.0. The van der Waals surface area contributed by atoms with Gasteiger partial charge in [0.2, 0.25) is 0 Å². The molecule has 0 spiro atoms. The number of nitrogens with zero attached hydrogens (tertiary/aromatic N) is 2. The van der Waals surface area contributed by atoms with Crippen LogP contribution in [0.1, 0.15) is 42.0 Å². The number of ether oxygens (including phenoxy) is 2. The largest absolute Gasteiger partial charge is 0.496 e. The van der Waals surface area contributed by atoms with Gasteiger partial charge >= 0.3 is 6.03 Å². The van der Waals surface area contributed by atoms with E-state index in [1.807, 2.05) is 30.3 Å². The van der Waals surface area contributed by atoms with Gasteiger partial charge < -0.3 is 19.7 Å². The zero-order valence-electron chi connectivity index (χ0n) is 19.8. The summed E-state index contributed by atoms with van der Waals surface area (Å²) < 4.78 is 11.5. The van der Waals surface area contributed by atoms with E-state index in [1.54, 1.807) is 14.2 Å². The lowest BCUT2D eigenvalue weighted by atomic mass is 9.76. The molecule has 176 valence electrons. The number of urea groups is 1. The highest BCUT2D eigenvalue weighted by Gasteiger charge is 2.45. The molecule has 3 aliphatic heterocycles. The molecule has 2 aromatic rings. The van der Waals surface area contributed by atoms with Gasteiger partial charge in [-0.3, -0.25) is 4.90 Å². The number of piperidine rings is 2. The molecule has 2 fully saturated rings. The molecule has 3 heterocycles. The highest BCUT2D eigenvalue weighted by Crippen LogP contribution is 2.47. The number of amides is 2. The topological polar surface area (TPSA) is 54.0 Å². The van der Waals surface area contributed by atoms with Crippen molar-refractivity contribution in [3.05, 3.63) is 59.2 Å². The molecule has 0 radical (unpaired) electrons. The average molecular weight is 450 g/mol. The normalized spacial score (nSPS) is 24.3. The number of nitrogens with one attached hydrogen (secondary N) is 1. The van der Waals surface area contributed by atoms with E-state index in [0.29, 0.717) is 12.5 Å². The van der Waals surface area contributed by atoms with Crippen molar-refractivity contribution in [1.82, 2.24) is 15.1 Å². The Hall–Kier alpha value is -2.73. The number of hydrogen-bond donors (Lipinski definition) is 1. The van der Waals surface area contributed by atoms with Crippen LogP contribution in [-0.4, -0.2) is 62.3 Å². The van der Waals surface area contributed by atoms with Crippen molar-refractivity contribution >= 4 is 6.03 Å². The summed E-state index contributed by atoms with van der Waals surface area (Å²) in [6.07, 6.45) is 5.07. The van der Waals surface area contributed by atoms with Crippen molar-refractivity contribution in [2.45, 2.75) is 44.2 Å². The molecular formula is C27H35N3O3. The Bertz CT molecular complexity index is 980. The van der Waals surface area contributed by atoms with Gasteiger partial charge in [-0.2, -0.15) is 0 Å². The second kappa shape index (κ2) is 9.64. The second-order valence-electron chi connectivity index (χ2n) is 9.49. The molecule has 2 aromatic carbocycles. The zero-order chi connectivity index (χ0) is 22.8. The number of benzene rings is 2. The minimum Gasteiger partial charge on any atom is -0.496 e. The number of likely N-dealkylation sites (tertiary alicyclic amines) is 1. The number of methoxy groups -OCH3 is 2. The van der Waals surface area contributed by atoms with Gasteiger partial charge in [0.15, 0.2) is 0 Å². The van der Waals surface area contributed by atoms with Crippen LogP contribution in [0.4, 0.5) is 4.79 Å². The Balaban J connectivity index is 1.33. The number of hydrogen-bond acceptors (Lipinski definition) is 4. The van der Waals surface area contributed by atoms with Crippen molar-refractivity contribution in [1.29, 1.82) is 0 Å². The van der Waals surface area contributed by atoms with Crippen LogP contribution < -0.4 is 14.8 Å². The first kappa shape index (κ1) is 22.1. The first-order valence-corrected chi connectivity index (χ1v) is 12.3.